The van der Waals surface area contributed by atoms with Crippen molar-refractivity contribution in [3.05, 3.63) is 0 Å². The number of rotatable bonds is 2. The van der Waals surface area contributed by atoms with E-state index in [0.717, 1.165) is 24.5 Å². The number of hydrogen-bond acceptors (Lipinski definition) is 3. The SMILES string of the molecule is O=C(CCCl)NC(=O)N1CCCSCC1. The zero-order chi connectivity index (χ0) is 11.1. The van der Waals surface area contributed by atoms with Gasteiger partial charge in [-0.25, -0.2) is 4.79 Å². The van der Waals surface area contributed by atoms with Crippen LogP contribution in [0, 0.1) is 0 Å². The summed E-state index contributed by atoms with van der Waals surface area (Å²) in [4.78, 5) is 24.4. The second kappa shape index (κ2) is 6.95. The molecule has 0 bridgehead atoms. The lowest BCUT2D eigenvalue weighted by Crippen LogP contribution is -2.43. The van der Waals surface area contributed by atoms with E-state index in [-0.39, 0.29) is 24.2 Å². The van der Waals surface area contributed by atoms with Crippen molar-refractivity contribution in [2.75, 3.05) is 30.5 Å². The van der Waals surface area contributed by atoms with Crippen molar-refractivity contribution in [1.29, 1.82) is 0 Å². The maximum absolute atomic E-state index is 11.6. The van der Waals surface area contributed by atoms with Crippen LogP contribution in [0.3, 0.4) is 0 Å². The first kappa shape index (κ1) is 12.6. The van der Waals surface area contributed by atoms with Crippen LogP contribution < -0.4 is 5.32 Å². The summed E-state index contributed by atoms with van der Waals surface area (Å²) in [7, 11) is 0. The van der Waals surface area contributed by atoms with E-state index in [1.165, 1.54) is 0 Å². The molecular formula is C9H15ClN2O2S. The minimum absolute atomic E-state index is 0.190. The normalized spacial score (nSPS) is 17.0. The molecule has 6 heteroatoms. The molecular weight excluding hydrogens is 236 g/mol. The van der Waals surface area contributed by atoms with Crippen molar-refractivity contribution in [3.8, 4) is 0 Å². The summed E-state index contributed by atoms with van der Waals surface area (Å²) >= 11 is 7.24. The number of nitrogens with zero attached hydrogens (tertiary/aromatic N) is 1. The van der Waals surface area contributed by atoms with E-state index in [1.807, 2.05) is 11.8 Å². The summed E-state index contributed by atoms with van der Waals surface area (Å²) in [6.07, 6.45) is 1.18. The van der Waals surface area contributed by atoms with Gasteiger partial charge in [-0.2, -0.15) is 11.8 Å². The number of amides is 3. The molecule has 1 N–H and O–H groups in total. The Morgan fingerprint density at radius 2 is 2.13 bits per heavy atom. The predicted molar refractivity (Wildman–Crippen MR) is 62.4 cm³/mol. The van der Waals surface area contributed by atoms with Gasteiger partial charge in [0.1, 0.15) is 0 Å². The number of carbonyl (C=O) groups excluding carboxylic acids is 2. The van der Waals surface area contributed by atoms with Crippen LogP contribution in [0.5, 0.6) is 0 Å². The van der Waals surface area contributed by atoms with E-state index in [9.17, 15) is 9.59 Å². The molecule has 4 nitrogen and oxygen atoms in total. The molecule has 1 fully saturated rings. The van der Waals surface area contributed by atoms with E-state index >= 15 is 0 Å². The highest BCUT2D eigenvalue weighted by Gasteiger charge is 2.17. The van der Waals surface area contributed by atoms with Gasteiger partial charge in [0.25, 0.3) is 0 Å². The van der Waals surface area contributed by atoms with Crippen molar-refractivity contribution < 1.29 is 9.59 Å². The smallest absolute Gasteiger partial charge is 0.324 e. The highest BCUT2D eigenvalue weighted by atomic mass is 35.5. The highest BCUT2D eigenvalue weighted by molar-refractivity contribution is 7.99. The molecule has 0 radical (unpaired) electrons. The second-order valence-corrected chi connectivity index (χ2v) is 4.85. The van der Waals surface area contributed by atoms with Crippen molar-refractivity contribution >= 4 is 35.3 Å². The first-order chi connectivity index (χ1) is 7.24. The molecule has 1 heterocycles. The summed E-state index contributed by atoms with van der Waals surface area (Å²) in [6.45, 7) is 1.44. The van der Waals surface area contributed by atoms with E-state index < -0.39 is 0 Å². The third-order valence-electron chi connectivity index (χ3n) is 2.08. The van der Waals surface area contributed by atoms with Crippen LogP contribution in [-0.4, -0.2) is 47.3 Å². The van der Waals surface area contributed by atoms with Crippen molar-refractivity contribution in [3.63, 3.8) is 0 Å². The quantitative estimate of drug-likeness (QED) is 0.752. The van der Waals surface area contributed by atoms with E-state index in [2.05, 4.69) is 5.32 Å². The van der Waals surface area contributed by atoms with Crippen LogP contribution in [0.4, 0.5) is 4.79 Å². The van der Waals surface area contributed by atoms with Gasteiger partial charge in [0.15, 0.2) is 0 Å². The largest absolute Gasteiger partial charge is 0.324 e. The summed E-state index contributed by atoms with van der Waals surface area (Å²) in [5, 5.41) is 2.33. The molecule has 15 heavy (non-hydrogen) atoms. The van der Waals surface area contributed by atoms with Gasteiger partial charge in [0.05, 0.1) is 0 Å². The molecule has 1 aliphatic heterocycles. The number of imide groups is 1. The van der Waals surface area contributed by atoms with Crippen LogP contribution >= 0.6 is 23.4 Å². The molecule has 1 aliphatic rings. The first-order valence-corrected chi connectivity index (χ1v) is 6.65. The Hall–Kier alpha value is -0.420. The molecule has 0 spiro atoms. The first-order valence-electron chi connectivity index (χ1n) is 4.96. The molecule has 0 aromatic rings. The maximum atomic E-state index is 11.6. The number of nitrogens with one attached hydrogen (secondary N) is 1. The minimum Gasteiger partial charge on any atom is -0.324 e. The van der Waals surface area contributed by atoms with Gasteiger partial charge < -0.3 is 4.90 Å². The molecule has 0 saturated carbocycles. The Morgan fingerprint density at radius 3 is 2.87 bits per heavy atom. The second-order valence-electron chi connectivity index (χ2n) is 3.25. The number of halogens is 1. The number of urea groups is 1. The minimum atomic E-state index is -0.299. The Bertz CT molecular complexity index is 230. The average molecular weight is 251 g/mol. The number of thioether (sulfide) groups is 1. The van der Waals surface area contributed by atoms with Crippen molar-refractivity contribution in [1.82, 2.24) is 10.2 Å². The molecule has 0 unspecified atom stereocenters. The Labute approximate surface area is 98.7 Å². The standard InChI is InChI=1S/C9H15ClN2O2S/c10-3-2-8(13)11-9(14)12-4-1-6-15-7-5-12/h1-7H2,(H,11,13,14). The van der Waals surface area contributed by atoms with Gasteiger partial charge in [-0.05, 0) is 12.2 Å². The number of carbonyl (C=O) groups is 2. The van der Waals surface area contributed by atoms with E-state index in [1.54, 1.807) is 4.90 Å². The van der Waals surface area contributed by atoms with Crippen LogP contribution in [0.1, 0.15) is 12.8 Å². The van der Waals surface area contributed by atoms with Gasteiger partial charge in [-0.1, -0.05) is 0 Å². The Morgan fingerprint density at radius 1 is 1.33 bits per heavy atom. The van der Waals surface area contributed by atoms with Gasteiger partial charge in [-0.3, -0.25) is 10.1 Å². The lowest BCUT2D eigenvalue weighted by Gasteiger charge is -2.19. The van der Waals surface area contributed by atoms with Crippen LogP contribution in [0.15, 0.2) is 0 Å². The molecule has 1 saturated heterocycles. The topological polar surface area (TPSA) is 49.4 Å². The Balaban J connectivity index is 2.34. The lowest BCUT2D eigenvalue weighted by atomic mass is 10.4. The molecule has 1 rings (SSSR count). The van der Waals surface area contributed by atoms with E-state index in [0.29, 0.717) is 6.54 Å². The van der Waals surface area contributed by atoms with E-state index in [4.69, 9.17) is 11.6 Å². The Kier molecular flexibility index (Phi) is 5.86. The number of alkyl halides is 1. The van der Waals surface area contributed by atoms with Gasteiger partial charge >= 0.3 is 6.03 Å². The summed E-state index contributed by atoms with van der Waals surface area (Å²) in [5.74, 6) is 1.97. The number of hydrogen-bond donors (Lipinski definition) is 1. The average Bonchev–Trinajstić information content (AvgIpc) is 2.45. The molecule has 0 aliphatic carbocycles. The monoisotopic (exact) mass is 250 g/mol. The predicted octanol–water partition coefficient (Wildman–Crippen LogP) is 1.29. The fourth-order valence-electron chi connectivity index (χ4n) is 1.30. The van der Waals surface area contributed by atoms with Gasteiger partial charge in [-0.15, -0.1) is 11.6 Å². The van der Waals surface area contributed by atoms with Gasteiger partial charge in [0, 0.05) is 31.1 Å². The zero-order valence-corrected chi connectivity index (χ0v) is 10.1. The third kappa shape index (κ3) is 4.75. The molecule has 0 aromatic heterocycles. The fraction of sp³-hybridized carbons (Fsp3) is 0.778. The summed E-state index contributed by atoms with van der Waals surface area (Å²) in [5.41, 5.74) is 0. The summed E-state index contributed by atoms with van der Waals surface area (Å²) in [6, 6.07) is -0.285. The van der Waals surface area contributed by atoms with Gasteiger partial charge in [0.2, 0.25) is 5.91 Å². The third-order valence-corrected chi connectivity index (χ3v) is 3.31. The van der Waals surface area contributed by atoms with Crippen LogP contribution in [0.2, 0.25) is 0 Å². The lowest BCUT2D eigenvalue weighted by molar-refractivity contribution is -0.119. The molecule has 0 aromatic carbocycles. The van der Waals surface area contributed by atoms with Crippen molar-refractivity contribution in [2.24, 2.45) is 0 Å². The summed E-state index contributed by atoms with van der Waals surface area (Å²) < 4.78 is 0. The maximum Gasteiger partial charge on any atom is 0.324 e. The van der Waals surface area contributed by atoms with Crippen LogP contribution in [-0.2, 0) is 4.79 Å². The molecule has 86 valence electrons. The van der Waals surface area contributed by atoms with Crippen LogP contribution in [0.25, 0.3) is 0 Å². The zero-order valence-electron chi connectivity index (χ0n) is 8.50. The molecule has 0 atom stereocenters. The van der Waals surface area contributed by atoms with Crippen molar-refractivity contribution in [2.45, 2.75) is 12.8 Å². The fourth-order valence-corrected chi connectivity index (χ4v) is 2.35. The highest BCUT2D eigenvalue weighted by Crippen LogP contribution is 2.09. The molecule has 3 amide bonds.